The average molecular weight is 1040 g/mol. The number of carboxylic acid groups (broad SMARTS) is 1. The van der Waals surface area contributed by atoms with Gasteiger partial charge < -0.3 is 80.0 Å². The van der Waals surface area contributed by atoms with Crippen molar-refractivity contribution in [3.8, 4) is 0 Å². The van der Waals surface area contributed by atoms with Gasteiger partial charge in [0.05, 0.1) is 18.5 Å². The smallest absolute Gasteiger partial charge is 0.326 e. The fourth-order valence-corrected chi connectivity index (χ4v) is 7.26. The van der Waals surface area contributed by atoms with Crippen LogP contribution in [0.1, 0.15) is 106 Å². The molecule has 0 aliphatic carbocycles. The first kappa shape index (κ1) is 64.1. The van der Waals surface area contributed by atoms with E-state index >= 15 is 0 Å². The maximum Gasteiger partial charge on any atom is 0.326 e. The van der Waals surface area contributed by atoms with E-state index in [-0.39, 0.29) is 56.2 Å². The zero-order valence-electron chi connectivity index (χ0n) is 42.4. The number of aromatic amines is 1. The number of amides is 9. The number of nitrogens with zero attached hydrogens (tertiary/aromatic N) is 1. The number of aromatic nitrogens is 2. The van der Waals surface area contributed by atoms with E-state index in [0.29, 0.717) is 18.5 Å². The molecule has 0 saturated heterocycles. The standard InChI is InChI=1S/C45H79N13O13S/c1-21(2)15-29(40(65)57-35(23(5)6)45(70)71)53-38(63)28(12-13-33(47)61)52-39(64)31(17-26-18-49-20-50-26)54-37(62)27(11-9-10-14-46)51-42(67)32(19-72)56-44(69)36(25(8)60)58-41(66)30(16-22(3)4)55-43(68)34(48)24(7)59/h18,20-25,27-32,34-36,59-60,72H,9-17,19,46,48H2,1-8H3,(H2,47,61)(H,49,50)(H,51,67)(H,52,64)(H,53,63)(H,54,62)(H,55,68)(H,56,69)(H,57,65)(H,58,66)(H,70,71)/t24-,25-,27+,28+,29+,30+,31+,32+,34+,35+,36+/m1/s1. The van der Waals surface area contributed by atoms with E-state index in [4.69, 9.17) is 17.2 Å². The Labute approximate surface area is 425 Å². The highest BCUT2D eigenvalue weighted by Gasteiger charge is 2.37. The molecular weight excluding hydrogens is 963 g/mol. The van der Waals surface area contributed by atoms with Crippen molar-refractivity contribution in [3.05, 3.63) is 18.2 Å². The van der Waals surface area contributed by atoms with E-state index in [1.165, 1.54) is 26.4 Å². The number of primary amides is 1. The van der Waals surface area contributed by atoms with Gasteiger partial charge in [-0.15, -0.1) is 0 Å². The van der Waals surface area contributed by atoms with Crippen molar-refractivity contribution in [3.63, 3.8) is 0 Å². The maximum atomic E-state index is 14.2. The van der Waals surface area contributed by atoms with Crippen LogP contribution in [-0.2, 0) is 54.4 Å². The number of aliphatic carboxylic acids is 1. The molecule has 0 fully saturated rings. The first-order valence-corrected chi connectivity index (χ1v) is 24.6. The number of aliphatic hydroxyl groups excluding tert-OH is 2. The lowest BCUT2D eigenvalue weighted by atomic mass is 9.99. The summed E-state index contributed by atoms with van der Waals surface area (Å²) in [5.41, 5.74) is 17.2. The van der Waals surface area contributed by atoms with Crippen molar-refractivity contribution in [1.29, 1.82) is 0 Å². The fourth-order valence-electron chi connectivity index (χ4n) is 7.01. The number of nitrogens with one attached hydrogen (secondary N) is 9. The minimum Gasteiger partial charge on any atom is -0.480 e. The summed E-state index contributed by atoms with van der Waals surface area (Å²) in [4.78, 5) is 140. The molecule has 0 bridgehead atoms. The van der Waals surface area contributed by atoms with E-state index in [1.807, 2.05) is 0 Å². The summed E-state index contributed by atoms with van der Waals surface area (Å²) in [6, 6.07) is -12.7. The molecule has 0 saturated carbocycles. The van der Waals surface area contributed by atoms with Crippen LogP contribution in [0.15, 0.2) is 12.5 Å². The fraction of sp³-hybridized carbons (Fsp3) is 0.711. The van der Waals surface area contributed by atoms with Gasteiger partial charge in [0.25, 0.3) is 0 Å². The highest BCUT2D eigenvalue weighted by molar-refractivity contribution is 7.80. The normalized spacial score (nSPS) is 16.0. The number of imidazole rings is 1. The third kappa shape index (κ3) is 23.1. The number of thiol groups is 1. The second-order valence-corrected chi connectivity index (χ2v) is 19.3. The topological polar surface area (TPSA) is 434 Å². The Bertz CT molecular complexity index is 1960. The van der Waals surface area contributed by atoms with Gasteiger partial charge in [-0.2, -0.15) is 12.6 Å². The highest BCUT2D eigenvalue weighted by Crippen LogP contribution is 2.12. The van der Waals surface area contributed by atoms with Gasteiger partial charge in [0.15, 0.2) is 0 Å². The molecule has 72 heavy (non-hydrogen) atoms. The van der Waals surface area contributed by atoms with Gasteiger partial charge in [-0.05, 0) is 76.7 Å². The number of carbonyl (C=O) groups is 10. The lowest BCUT2D eigenvalue weighted by Gasteiger charge is -2.29. The van der Waals surface area contributed by atoms with Gasteiger partial charge in [-0.1, -0.05) is 41.5 Å². The maximum absolute atomic E-state index is 14.2. The molecule has 1 aromatic rings. The molecule has 0 radical (unpaired) electrons. The molecule has 18 N–H and O–H groups in total. The van der Waals surface area contributed by atoms with Crippen LogP contribution in [0.25, 0.3) is 0 Å². The Balaban J connectivity index is 3.48. The SMILES string of the molecule is CC(C)C[C@H](NC(=O)[C@H](CCC(N)=O)NC(=O)[C@H](Cc1cnc[nH]1)NC(=O)[C@H](CCCCN)NC(=O)[C@H](CS)NC(=O)[C@@H](NC(=O)[C@H](CC(C)C)NC(=O)[C@@H](N)[C@@H](C)O)[C@@H](C)O)C(=O)N[C@H](C(=O)O)C(C)C. The van der Waals surface area contributed by atoms with Crippen molar-refractivity contribution in [1.82, 2.24) is 52.5 Å². The van der Waals surface area contributed by atoms with E-state index in [9.17, 15) is 63.3 Å². The molecule has 0 aromatic carbocycles. The third-order valence-electron chi connectivity index (χ3n) is 11.1. The average Bonchev–Trinajstić information content (AvgIpc) is 3.81. The van der Waals surface area contributed by atoms with Crippen LogP contribution in [0.5, 0.6) is 0 Å². The van der Waals surface area contributed by atoms with Crippen molar-refractivity contribution in [2.75, 3.05) is 12.3 Å². The Morgan fingerprint density at radius 3 is 1.47 bits per heavy atom. The summed E-state index contributed by atoms with van der Waals surface area (Å²) in [5, 5.41) is 50.0. The van der Waals surface area contributed by atoms with Gasteiger partial charge >= 0.3 is 5.97 Å². The number of H-pyrrole nitrogens is 1. The Hall–Kier alpha value is -5.90. The van der Waals surface area contributed by atoms with Crippen LogP contribution in [0, 0.1) is 17.8 Å². The Morgan fingerprint density at radius 1 is 0.597 bits per heavy atom. The minimum absolute atomic E-state index is 0.0308. The zero-order valence-corrected chi connectivity index (χ0v) is 43.3. The van der Waals surface area contributed by atoms with E-state index < -0.39 is 138 Å². The molecule has 9 amide bonds. The minimum atomic E-state index is -1.67. The quantitative estimate of drug-likeness (QED) is 0.0232. The molecule has 0 unspecified atom stereocenters. The lowest BCUT2D eigenvalue weighted by molar-refractivity contribution is -0.143. The molecule has 1 heterocycles. The van der Waals surface area contributed by atoms with Crippen molar-refractivity contribution in [2.45, 2.75) is 173 Å². The summed E-state index contributed by atoms with van der Waals surface area (Å²) in [5.74, 6) is -10.5. The molecular formula is C45H79N13O13S. The Kier molecular flexibility index (Phi) is 28.7. The summed E-state index contributed by atoms with van der Waals surface area (Å²) in [7, 11) is 0. The van der Waals surface area contributed by atoms with E-state index in [2.05, 4.69) is 65.1 Å². The lowest BCUT2D eigenvalue weighted by Crippen LogP contribution is -2.62. The van der Waals surface area contributed by atoms with Gasteiger partial charge in [0.1, 0.15) is 54.4 Å². The second-order valence-electron chi connectivity index (χ2n) is 18.9. The van der Waals surface area contributed by atoms with Crippen molar-refractivity contribution >= 4 is 71.8 Å². The monoisotopic (exact) mass is 1040 g/mol. The second kappa shape index (κ2) is 32.2. The van der Waals surface area contributed by atoms with Crippen LogP contribution < -0.4 is 59.7 Å². The van der Waals surface area contributed by atoms with Crippen LogP contribution in [0.3, 0.4) is 0 Å². The van der Waals surface area contributed by atoms with Crippen LogP contribution in [-0.4, -0.2) is 163 Å². The molecule has 1 rings (SSSR count). The predicted molar refractivity (Wildman–Crippen MR) is 266 cm³/mol. The van der Waals surface area contributed by atoms with Gasteiger partial charge in [0.2, 0.25) is 53.2 Å². The number of hydrogen-bond donors (Lipinski definition) is 16. The van der Waals surface area contributed by atoms with E-state index in [0.717, 1.165) is 0 Å². The summed E-state index contributed by atoms with van der Waals surface area (Å²) in [6.07, 6.45) is -0.272. The van der Waals surface area contributed by atoms with Gasteiger partial charge in [-0.25, -0.2) is 9.78 Å². The van der Waals surface area contributed by atoms with Crippen LogP contribution >= 0.6 is 12.6 Å². The van der Waals surface area contributed by atoms with Crippen LogP contribution in [0.2, 0.25) is 0 Å². The van der Waals surface area contributed by atoms with Crippen LogP contribution in [0.4, 0.5) is 0 Å². The van der Waals surface area contributed by atoms with Crippen molar-refractivity contribution < 1.29 is 63.3 Å². The number of rotatable bonds is 34. The molecule has 27 heteroatoms. The largest absolute Gasteiger partial charge is 0.480 e. The van der Waals surface area contributed by atoms with Gasteiger partial charge in [-0.3, -0.25) is 43.2 Å². The molecule has 0 aliphatic rings. The number of nitrogens with two attached hydrogens (primary N) is 3. The predicted octanol–water partition coefficient (Wildman–Crippen LogP) is -3.92. The summed E-state index contributed by atoms with van der Waals surface area (Å²) < 4.78 is 0. The molecule has 408 valence electrons. The molecule has 0 spiro atoms. The molecule has 11 atom stereocenters. The van der Waals surface area contributed by atoms with Gasteiger partial charge in [0, 0.05) is 30.5 Å². The number of hydrogen-bond acceptors (Lipinski definition) is 16. The highest BCUT2D eigenvalue weighted by atomic mass is 32.1. The molecule has 26 nitrogen and oxygen atoms in total. The number of unbranched alkanes of at least 4 members (excludes halogenated alkanes) is 1. The third-order valence-corrected chi connectivity index (χ3v) is 11.5. The zero-order chi connectivity index (χ0) is 55.0. The first-order chi connectivity index (χ1) is 33.6. The molecule has 1 aromatic heterocycles. The molecule has 0 aliphatic heterocycles. The number of aliphatic hydroxyl groups is 2. The summed E-state index contributed by atoms with van der Waals surface area (Å²) in [6.45, 7) is 13.0. The first-order valence-electron chi connectivity index (χ1n) is 24.0. The number of carbonyl (C=O) groups excluding carboxylic acids is 9. The van der Waals surface area contributed by atoms with Crippen molar-refractivity contribution in [2.24, 2.45) is 35.0 Å². The summed E-state index contributed by atoms with van der Waals surface area (Å²) >= 11 is 4.22. The van der Waals surface area contributed by atoms with E-state index in [1.54, 1.807) is 41.5 Å². The number of carboxylic acids is 1. The Morgan fingerprint density at radius 2 is 1.04 bits per heavy atom.